The van der Waals surface area contributed by atoms with Crippen LogP contribution in [0, 0.1) is 0 Å². The number of hydrogen-bond donors (Lipinski definition) is 0. The SMILES string of the molecule is COc1ccc(S(=O)(=O)[C@@H]2CS(=O)(=O)C[C@H]2N2CCCCC2)cc1. The standard InChI is InChI=1S/C16H23NO5S2/c1-22-13-5-7-14(8-6-13)24(20,21)16-12-23(18,19)11-15(16)17-9-3-2-4-10-17/h5-8,15-16H,2-4,9-12H2,1H3/t15-,16-/m1/s1. The van der Waals surface area contributed by atoms with Gasteiger partial charge in [-0.1, -0.05) is 6.42 Å². The van der Waals surface area contributed by atoms with Crippen LogP contribution in [0.5, 0.6) is 5.75 Å². The lowest BCUT2D eigenvalue weighted by Crippen LogP contribution is -2.48. The molecule has 8 heteroatoms. The minimum Gasteiger partial charge on any atom is -0.497 e. The Balaban J connectivity index is 1.93. The zero-order valence-corrected chi connectivity index (χ0v) is 15.4. The second-order valence-corrected chi connectivity index (χ2v) is 10.8. The fourth-order valence-corrected chi connectivity index (χ4v) is 8.45. The van der Waals surface area contributed by atoms with Crippen LogP contribution in [0.4, 0.5) is 0 Å². The fraction of sp³-hybridized carbons (Fsp3) is 0.625. The van der Waals surface area contributed by atoms with Gasteiger partial charge in [0.2, 0.25) is 0 Å². The maximum Gasteiger partial charge on any atom is 0.183 e. The number of benzene rings is 1. The number of sulfone groups is 2. The monoisotopic (exact) mass is 373 g/mol. The van der Waals surface area contributed by atoms with Crippen LogP contribution < -0.4 is 4.74 Å². The number of hydrogen-bond acceptors (Lipinski definition) is 6. The molecule has 1 aromatic carbocycles. The van der Waals surface area contributed by atoms with Crippen LogP contribution in [0.25, 0.3) is 0 Å². The summed E-state index contributed by atoms with van der Waals surface area (Å²) in [6.07, 6.45) is 3.10. The zero-order chi connectivity index (χ0) is 17.4. The summed E-state index contributed by atoms with van der Waals surface area (Å²) < 4.78 is 55.5. The Hall–Kier alpha value is -1.12. The van der Waals surface area contributed by atoms with E-state index in [0.29, 0.717) is 5.75 Å². The number of rotatable bonds is 4. The highest BCUT2D eigenvalue weighted by atomic mass is 32.2. The lowest BCUT2D eigenvalue weighted by Gasteiger charge is -2.34. The minimum absolute atomic E-state index is 0.0624. The van der Waals surface area contributed by atoms with Crippen LogP contribution >= 0.6 is 0 Å². The van der Waals surface area contributed by atoms with E-state index in [-0.39, 0.29) is 16.4 Å². The van der Waals surface area contributed by atoms with Gasteiger partial charge in [0, 0.05) is 6.04 Å². The summed E-state index contributed by atoms with van der Waals surface area (Å²) in [4.78, 5) is 2.21. The Labute approximate surface area is 143 Å². The lowest BCUT2D eigenvalue weighted by molar-refractivity contribution is 0.178. The van der Waals surface area contributed by atoms with Crippen molar-refractivity contribution >= 4 is 19.7 Å². The average Bonchev–Trinajstić information content (AvgIpc) is 2.92. The van der Waals surface area contributed by atoms with Crippen LogP contribution in [0.2, 0.25) is 0 Å². The second-order valence-electron chi connectivity index (χ2n) is 6.50. The van der Waals surface area contributed by atoms with E-state index in [0.717, 1.165) is 32.4 Å². The third kappa shape index (κ3) is 3.45. The first-order valence-corrected chi connectivity index (χ1v) is 11.5. The van der Waals surface area contributed by atoms with Crippen LogP contribution in [0.3, 0.4) is 0 Å². The quantitative estimate of drug-likeness (QED) is 0.787. The highest BCUT2D eigenvalue weighted by Gasteiger charge is 2.48. The smallest absolute Gasteiger partial charge is 0.183 e. The summed E-state index contributed by atoms with van der Waals surface area (Å²) >= 11 is 0. The van der Waals surface area contributed by atoms with Gasteiger partial charge in [-0.15, -0.1) is 0 Å². The van der Waals surface area contributed by atoms with Crippen molar-refractivity contribution in [3.63, 3.8) is 0 Å². The van der Waals surface area contributed by atoms with Gasteiger partial charge in [-0.25, -0.2) is 16.8 Å². The number of likely N-dealkylation sites (tertiary alicyclic amines) is 1. The van der Waals surface area contributed by atoms with Gasteiger partial charge in [-0.3, -0.25) is 4.90 Å². The third-order valence-corrected chi connectivity index (χ3v) is 9.05. The van der Waals surface area contributed by atoms with E-state index in [9.17, 15) is 16.8 Å². The molecule has 2 fully saturated rings. The Morgan fingerprint density at radius 3 is 2.25 bits per heavy atom. The molecule has 2 atom stereocenters. The highest BCUT2D eigenvalue weighted by molar-refractivity contribution is 7.96. The van der Waals surface area contributed by atoms with Gasteiger partial charge >= 0.3 is 0 Å². The Morgan fingerprint density at radius 1 is 1.04 bits per heavy atom. The summed E-state index contributed by atoms with van der Waals surface area (Å²) in [6, 6.07) is 5.72. The van der Waals surface area contributed by atoms with Crippen molar-refractivity contribution in [3.05, 3.63) is 24.3 Å². The third-order valence-electron chi connectivity index (χ3n) is 4.92. The van der Waals surface area contributed by atoms with Gasteiger partial charge in [-0.05, 0) is 50.2 Å². The molecular formula is C16H23NO5S2. The van der Waals surface area contributed by atoms with Gasteiger partial charge in [0.1, 0.15) is 5.75 Å². The molecule has 0 radical (unpaired) electrons. The Morgan fingerprint density at radius 2 is 1.67 bits per heavy atom. The van der Waals surface area contributed by atoms with Crippen LogP contribution in [0.1, 0.15) is 19.3 Å². The molecular weight excluding hydrogens is 350 g/mol. The first kappa shape index (κ1) is 17.7. The van der Waals surface area contributed by atoms with E-state index in [1.807, 2.05) is 0 Å². The highest BCUT2D eigenvalue weighted by Crippen LogP contribution is 2.31. The molecule has 0 bridgehead atoms. The minimum atomic E-state index is -3.71. The predicted molar refractivity (Wildman–Crippen MR) is 91.8 cm³/mol. The van der Waals surface area contributed by atoms with E-state index in [1.165, 1.54) is 19.2 Å². The van der Waals surface area contributed by atoms with Gasteiger partial charge < -0.3 is 4.74 Å². The molecule has 6 nitrogen and oxygen atoms in total. The molecule has 2 aliphatic rings. The van der Waals surface area contributed by atoms with E-state index >= 15 is 0 Å². The maximum absolute atomic E-state index is 13.0. The summed E-state index contributed by atoms with van der Waals surface area (Å²) in [5, 5.41) is -0.894. The molecule has 0 saturated carbocycles. The first-order chi connectivity index (χ1) is 11.3. The van der Waals surface area contributed by atoms with Crippen molar-refractivity contribution in [1.29, 1.82) is 0 Å². The molecule has 0 unspecified atom stereocenters. The normalized spacial score (nSPS) is 27.9. The van der Waals surface area contributed by atoms with Gasteiger partial charge in [0.15, 0.2) is 19.7 Å². The predicted octanol–water partition coefficient (Wildman–Crippen LogP) is 1.12. The molecule has 2 heterocycles. The van der Waals surface area contributed by atoms with Crippen LogP contribution in [0.15, 0.2) is 29.2 Å². The Bertz CT molecular complexity index is 780. The van der Waals surface area contributed by atoms with Crippen molar-refractivity contribution in [2.24, 2.45) is 0 Å². The zero-order valence-electron chi connectivity index (χ0n) is 13.7. The molecule has 24 heavy (non-hydrogen) atoms. The number of methoxy groups -OCH3 is 1. The molecule has 2 saturated heterocycles. The molecule has 2 aliphatic heterocycles. The summed E-state index contributed by atoms with van der Waals surface area (Å²) in [5.74, 6) is 0.218. The van der Waals surface area contributed by atoms with Crippen LogP contribution in [-0.4, -0.2) is 64.7 Å². The second kappa shape index (κ2) is 6.65. The van der Waals surface area contributed by atoms with Crippen LogP contribution in [-0.2, 0) is 19.7 Å². The van der Waals surface area contributed by atoms with Gasteiger partial charge in [-0.2, -0.15) is 0 Å². The lowest BCUT2D eigenvalue weighted by atomic mass is 10.1. The molecule has 134 valence electrons. The van der Waals surface area contributed by atoms with Crippen molar-refractivity contribution in [1.82, 2.24) is 4.90 Å². The molecule has 0 aliphatic carbocycles. The topological polar surface area (TPSA) is 80.8 Å². The molecule has 0 spiro atoms. The molecule has 0 aromatic heterocycles. The fourth-order valence-electron chi connectivity index (χ4n) is 3.62. The molecule has 1 aromatic rings. The molecule has 0 amide bonds. The first-order valence-electron chi connectivity index (χ1n) is 8.16. The van der Waals surface area contributed by atoms with Gasteiger partial charge in [0.25, 0.3) is 0 Å². The van der Waals surface area contributed by atoms with Crippen molar-refractivity contribution in [2.75, 3.05) is 31.7 Å². The van der Waals surface area contributed by atoms with E-state index in [1.54, 1.807) is 12.1 Å². The van der Waals surface area contributed by atoms with E-state index < -0.39 is 31.0 Å². The summed E-state index contributed by atoms with van der Waals surface area (Å²) in [6.45, 7) is 1.55. The Kier molecular flexibility index (Phi) is 4.90. The summed E-state index contributed by atoms with van der Waals surface area (Å²) in [5.41, 5.74) is 0. The largest absolute Gasteiger partial charge is 0.497 e. The number of nitrogens with zero attached hydrogens (tertiary/aromatic N) is 1. The number of ether oxygens (including phenoxy) is 1. The van der Waals surface area contributed by atoms with E-state index in [4.69, 9.17) is 4.74 Å². The average molecular weight is 373 g/mol. The van der Waals surface area contributed by atoms with Gasteiger partial charge in [0.05, 0.1) is 28.8 Å². The summed E-state index contributed by atoms with van der Waals surface area (Å²) in [7, 11) is -5.54. The van der Waals surface area contributed by atoms with Crippen molar-refractivity contribution in [3.8, 4) is 5.75 Å². The number of piperidine rings is 1. The van der Waals surface area contributed by atoms with Crippen molar-refractivity contribution < 1.29 is 21.6 Å². The maximum atomic E-state index is 13.0. The van der Waals surface area contributed by atoms with Crippen molar-refractivity contribution in [2.45, 2.75) is 35.4 Å². The molecule has 0 N–H and O–H groups in total. The van der Waals surface area contributed by atoms with E-state index in [2.05, 4.69) is 4.90 Å². The molecule has 3 rings (SSSR count).